The van der Waals surface area contributed by atoms with Crippen molar-refractivity contribution in [3.63, 3.8) is 0 Å². The van der Waals surface area contributed by atoms with E-state index in [4.69, 9.17) is 5.11 Å². The van der Waals surface area contributed by atoms with Gasteiger partial charge >= 0.3 is 6.18 Å². The van der Waals surface area contributed by atoms with Gasteiger partial charge in [-0.3, -0.25) is 0 Å². The molecule has 0 radical (unpaired) electrons. The van der Waals surface area contributed by atoms with E-state index in [2.05, 4.69) is 0 Å². The normalized spacial score (nSPS) is 18.0. The van der Waals surface area contributed by atoms with Crippen molar-refractivity contribution in [2.45, 2.75) is 36.9 Å². The second-order valence-corrected chi connectivity index (χ2v) is 6.64. The average Bonchev–Trinajstić information content (AvgIpc) is 3.09. The summed E-state index contributed by atoms with van der Waals surface area (Å²) < 4.78 is 63.5. The second-order valence-electron chi connectivity index (χ2n) is 4.92. The van der Waals surface area contributed by atoms with E-state index in [0.29, 0.717) is 11.1 Å². The molecule has 8 heteroatoms. The molecule has 0 unspecified atom stereocenters. The second kappa shape index (κ2) is 5.01. The topological polar surface area (TPSA) is 66.4 Å². The summed E-state index contributed by atoms with van der Waals surface area (Å²) in [6.07, 6.45) is -5.01. The number of benzene rings is 1. The van der Waals surface area contributed by atoms with Gasteiger partial charge < -0.3 is 5.11 Å². The Morgan fingerprint density at radius 3 is 2.05 bits per heavy atom. The molecule has 2 rings (SSSR count). The van der Waals surface area contributed by atoms with Gasteiger partial charge in [0, 0.05) is 0 Å². The number of rotatable bonds is 5. The zero-order valence-electron chi connectivity index (χ0n) is 10.4. The van der Waals surface area contributed by atoms with Gasteiger partial charge in [-0.1, -0.05) is 24.3 Å². The molecule has 0 spiro atoms. The monoisotopic (exact) mass is 309 g/mol. The van der Waals surface area contributed by atoms with E-state index in [9.17, 15) is 21.6 Å². The molecule has 0 heterocycles. The first kappa shape index (κ1) is 15.3. The summed E-state index contributed by atoms with van der Waals surface area (Å²) in [5.74, 6) is -0.517. The molecular formula is C12H14F3NO3S. The first-order valence-corrected chi connectivity index (χ1v) is 7.60. The molecule has 0 aliphatic heterocycles. The van der Waals surface area contributed by atoms with E-state index in [1.807, 2.05) is 0 Å². The molecule has 2 N–H and O–H groups in total. The molecule has 4 nitrogen and oxygen atoms in total. The van der Waals surface area contributed by atoms with Crippen LogP contribution in [0.2, 0.25) is 0 Å². The molecule has 1 aliphatic rings. The van der Waals surface area contributed by atoms with Gasteiger partial charge in [-0.15, -0.1) is 0 Å². The highest BCUT2D eigenvalue weighted by atomic mass is 32.2. The van der Waals surface area contributed by atoms with Crippen molar-refractivity contribution in [1.29, 1.82) is 0 Å². The van der Waals surface area contributed by atoms with Crippen molar-refractivity contribution in [2.75, 3.05) is 0 Å². The Bertz CT molecular complexity index is 577. The molecule has 1 saturated carbocycles. The Morgan fingerprint density at radius 1 is 1.15 bits per heavy atom. The number of nitrogens with one attached hydrogen (secondary N) is 1. The number of alkyl halides is 3. The summed E-state index contributed by atoms with van der Waals surface area (Å²) >= 11 is 0. The van der Waals surface area contributed by atoms with Crippen molar-refractivity contribution in [3.8, 4) is 0 Å². The predicted molar refractivity (Wildman–Crippen MR) is 66.1 cm³/mol. The summed E-state index contributed by atoms with van der Waals surface area (Å²) in [7, 11) is -4.07. The van der Waals surface area contributed by atoms with Gasteiger partial charge in [0.15, 0.2) is 0 Å². The van der Waals surface area contributed by atoms with Crippen molar-refractivity contribution in [2.24, 2.45) is 0 Å². The lowest BCUT2D eigenvalue weighted by molar-refractivity contribution is -0.160. The average molecular weight is 309 g/mol. The number of aliphatic hydroxyl groups is 1. The van der Waals surface area contributed by atoms with E-state index in [1.54, 1.807) is 4.72 Å². The summed E-state index contributed by atoms with van der Waals surface area (Å²) in [6, 6.07) is 6.00. The molecule has 0 bridgehead atoms. The van der Waals surface area contributed by atoms with E-state index >= 15 is 0 Å². The van der Waals surface area contributed by atoms with Crippen LogP contribution in [0.4, 0.5) is 13.2 Å². The number of sulfonamides is 1. The van der Waals surface area contributed by atoms with Crippen LogP contribution < -0.4 is 4.72 Å². The quantitative estimate of drug-likeness (QED) is 0.870. The van der Waals surface area contributed by atoms with Crippen LogP contribution in [0.25, 0.3) is 0 Å². The van der Waals surface area contributed by atoms with Gasteiger partial charge in [-0.05, 0) is 24.0 Å². The molecule has 1 aromatic rings. The Labute approximate surface area is 114 Å². The molecule has 0 amide bonds. The lowest BCUT2D eigenvalue weighted by Gasteiger charge is -2.20. The molecule has 1 aromatic carbocycles. The minimum absolute atomic E-state index is 0.178. The summed E-state index contributed by atoms with van der Waals surface area (Å²) in [6.45, 7) is -0.178. The highest BCUT2D eigenvalue weighted by molar-refractivity contribution is 7.88. The zero-order chi connectivity index (χ0) is 15.0. The molecule has 0 atom stereocenters. The Balaban J connectivity index is 2.08. The summed E-state index contributed by atoms with van der Waals surface area (Å²) in [5, 5.41) is 8.86. The molecule has 1 aliphatic carbocycles. The lowest BCUT2D eigenvalue weighted by Crippen LogP contribution is -2.48. The third-order valence-corrected chi connectivity index (χ3v) is 4.62. The zero-order valence-corrected chi connectivity index (χ0v) is 11.3. The highest BCUT2D eigenvalue weighted by Crippen LogP contribution is 2.49. The fourth-order valence-corrected chi connectivity index (χ4v) is 3.48. The van der Waals surface area contributed by atoms with Crippen LogP contribution in [0, 0.1) is 0 Å². The van der Waals surface area contributed by atoms with Crippen molar-refractivity contribution in [3.05, 3.63) is 35.4 Å². The van der Waals surface area contributed by atoms with Crippen LogP contribution in [0.3, 0.4) is 0 Å². The highest BCUT2D eigenvalue weighted by Gasteiger charge is 2.65. The number of halogens is 3. The maximum Gasteiger partial charge on any atom is 0.407 e. The van der Waals surface area contributed by atoms with Gasteiger partial charge in [-0.2, -0.15) is 17.9 Å². The van der Waals surface area contributed by atoms with Crippen molar-refractivity contribution >= 4 is 10.0 Å². The third kappa shape index (κ3) is 3.31. The molecule has 112 valence electrons. The lowest BCUT2D eigenvalue weighted by atomic mass is 10.2. The fraction of sp³-hybridized carbons (Fsp3) is 0.500. The van der Waals surface area contributed by atoms with Crippen LogP contribution in [-0.2, 0) is 22.4 Å². The Kier molecular flexibility index (Phi) is 3.83. The fourth-order valence-electron chi connectivity index (χ4n) is 1.86. The molecule has 1 fully saturated rings. The largest absolute Gasteiger partial charge is 0.407 e. The number of hydrogen-bond donors (Lipinski definition) is 2. The maximum atomic E-state index is 12.7. The summed E-state index contributed by atoms with van der Waals surface area (Å²) in [5.41, 5.74) is -1.31. The summed E-state index contributed by atoms with van der Waals surface area (Å²) in [4.78, 5) is 0. The standard InChI is InChI=1S/C12H14F3NO3S/c13-12(14,15)11(5-6-11)16-20(18,19)8-10-3-1-9(7-17)2-4-10/h1-4,16-17H,5-8H2. The molecular weight excluding hydrogens is 295 g/mol. The van der Waals surface area contributed by atoms with E-state index in [-0.39, 0.29) is 19.4 Å². The first-order chi connectivity index (χ1) is 9.17. The molecule has 0 aromatic heterocycles. The molecule has 0 saturated heterocycles. The van der Waals surface area contributed by atoms with Crippen LogP contribution in [0.1, 0.15) is 24.0 Å². The van der Waals surface area contributed by atoms with E-state index < -0.39 is 27.5 Å². The first-order valence-electron chi connectivity index (χ1n) is 5.94. The number of aliphatic hydroxyl groups excluding tert-OH is 1. The Morgan fingerprint density at radius 2 is 1.65 bits per heavy atom. The SMILES string of the molecule is O=S(=O)(Cc1ccc(CO)cc1)NC1(C(F)(F)F)CC1. The van der Waals surface area contributed by atoms with Gasteiger partial charge in [0.05, 0.1) is 12.4 Å². The van der Waals surface area contributed by atoms with Gasteiger partial charge in [0.25, 0.3) is 0 Å². The molecule has 20 heavy (non-hydrogen) atoms. The smallest absolute Gasteiger partial charge is 0.392 e. The predicted octanol–water partition coefficient (Wildman–Crippen LogP) is 1.69. The van der Waals surface area contributed by atoms with Gasteiger partial charge in [-0.25, -0.2) is 8.42 Å². The van der Waals surface area contributed by atoms with Crippen molar-refractivity contribution in [1.82, 2.24) is 4.72 Å². The van der Waals surface area contributed by atoms with Crippen LogP contribution in [-0.4, -0.2) is 25.2 Å². The van der Waals surface area contributed by atoms with E-state index in [0.717, 1.165) is 0 Å². The van der Waals surface area contributed by atoms with Crippen LogP contribution in [0.5, 0.6) is 0 Å². The minimum Gasteiger partial charge on any atom is -0.392 e. The maximum absolute atomic E-state index is 12.7. The van der Waals surface area contributed by atoms with Gasteiger partial charge in [0.2, 0.25) is 10.0 Å². The third-order valence-electron chi connectivity index (χ3n) is 3.21. The minimum atomic E-state index is -4.57. The Hall–Kier alpha value is -1.12. The number of hydrogen-bond acceptors (Lipinski definition) is 3. The van der Waals surface area contributed by atoms with Crippen molar-refractivity contribution < 1.29 is 26.7 Å². The van der Waals surface area contributed by atoms with E-state index in [1.165, 1.54) is 24.3 Å². The van der Waals surface area contributed by atoms with Crippen LogP contribution >= 0.6 is 0 Å². The van der Waals surface area contributed by atoms with Gasteiger partial charge in [0.1, 0.15) is 5.54 Å². The van der Waals surface area contributed by atoms with Crippen LogP contribution in [0.15, 0.2) is 24.3 Å².